The predicted molar refractivity (Wildman–Crippen MR) is 131 cm³/mol. The number of ether oxygens (including phenoxy) is 3. The van der Waals surface area contributed by atoms with Crippen molar-refractivity contribution in [2.45, 2.75) is 129 Å². The van der Waals surface area contributed by atoms with Gasteiger partial charge in [-0.05, 0) is 44.9 Å². The van der Waals surface area contributed by atoms with Crippen LogP contribution in [-0.4, -0.2) is 49.3 Å². The smallest absolute Gasteiger partial charge is 0.328 e. The highest BCUT2D eigenvalue weighted by Gasteiger charge is 2.69. The van der Waals surface area contributed by atoms with Crippen LogP contribution < -0.4 is 5.32 Å². The van der Waals surface area contributed by atoms with E-state index in [4.69, 9.17) is 14.2 Å². The number of hydrogen-bond acceptors (Lipinski definition) is 7. The summed E-state index contributed by atoms with van der Waals surface area (Å²) in [5.74, 6) is -1.79. The fraction of sp³-hybridized carbons (Fsp3) is 0.889. The van der Waals surface area contributed by atoms with E-state index in [1.165, 1.54) is 0 Å². The number of esters is 3. The summed E-state index contributed by atoms with van der Waals surface area (Å²) in [6.45, 7) is 6.79. The number of nitrogens with one attached hydrogen (secondary N) is 1. The Morgan fingerprint density at radius 1 is 0.676 bits per heavy atom. The molecule has 0 aromatic rings. The summed E-state index contributed by atoms with van der Waals surface area (Å²) >= 11 is 0. The molecule has 2 aliphatic rings. The summed E-state index contributed by atoms with van der Waals surface area (Å²) in [6, 6.07) is 0.0526. The molecule has 2 rings (SSSR count). The minimum absolute atomic E-state index is 0.0526. The molecule has 0 spiro atoms. The molecule has 0 saturated heterocycles. The summed E-state index contributed by atoms with van der Waals surface area (Å²) in [6.07, 6.45) is 11.9. The maximum Gasteiger partial charge on any atom is 0.328 e. The number of carbonyl (C=O) groups is 3. The van der Waals surface area contributed by atoms with Crippen LogP contribution in [0.1, 0.15) is 117 Å². The second-order valence-electron chi connectivity index (χ2n) is 9.97. The Morgan fingerprint density at radius 2 is 1.15 bits per heavy atom. The molecule has 7 nitrogen and oxygen atoms in total. The van der Waals surface area contributed by atoms with E-state index in [9.17, 15) is 14.4 Å². The van der Waals surface area contributed by atoms with Crippen LogP contribution in [-0.2, 0) is 28.6 Å². The Balaban J connectivity index is 2.51. The third-order valence-electron chi connectivity index (χ3n) is 7.38. The number of unbranched alkanes of at least 4 members (excludes halogenated alkanes) is 3. The van der Waals surface area contributed by atoms with Crippen molar-refractivity contribution < 1.29 is 28.6 Å². The monoisotopic (exact) mass is 481 g/mol. The van der Waals surface area contributed by atoms with Gasteiger partial charge in [0, 0.05) is 6.04 Å². The summed E-state index contributed by atoms with van der Waals surface area (Å²) in [7, 11) is 0. The fourth-order valence-corrected chi connectivity index (χ4v) is 5.27. The molecule has 0 aromatic heterocycles. The van der Waals surface area contributed by atoms with Gasteiger partial charge >= 0.3 is 17.9 Å². The van der Waals surface area contributed by atoms with Gasteiger partial charge in [-0.1, -0.05) is 72.1 Å². The molecule has 0 amide bonds. The highest BCUT2D eigenvalue weighted by atomic mass is 16.6. The van der Waals surface area contributed by atoms with Crippen LogP contribution in [0.2, 0.25) is 0 Å². The van der Waals surface area contributed by atoms with Gasteiger partial charge in [0.15, 0.2) is 5.41 Å². The molecular formula is C27H47NO6. The molecule has 0 radical (unpaired) electrons. The average Bonchev–Trinajstić information content (AvgIpc) is 2.85. The molecule has 0 bridgehead atoms. The molecule has 1 atom stereocenters. The second-order valence-corrected chi connectivity index (χ2v) is 9.97. The number of carbonyl (C=O) groups excluding carboxylic acids is 3. The van der Waals surface area contributed by atoms with Crippen molar-refractivity contribution in [3.8, 4) is 0 Å². The molecular weight excluding hydrogens is 434 g/mol. The third-order valence-corrected chi connectivity index (χ3v) is 7.38. The predicted octanol–water partition coefficient (Wildman–Crippen LogP) is 5.24. The highest BCUT2D eigenvalue weighted by molar-refractivity contribution is 6.07. The van der Waals surface area contributed by atoms with Crippen molar-refractivity contribution in [1.82, 2.24) is 5.32 Å². The van der Waals surface area contributed by atoms with Gasteiger partial charge in [-0.25, -0.2) is 4.79 Å². The summed E-state index contributed by atoms with van der Waals surface area (Å²) in [5.41, 5.74) is -3.19. The topological polar surface area (TPSA) is 90.9 Å². The van der Waals surface area contributed by atoms with Crippen LogP contribution in [0, 0.1) is 5.41 Å². The van der Waals surface area contributed by atoms with E-state index in [0.29, 0.717) is 25.7 Å². The normalized spacial score (nSPS) is 22.7. The summed E-state index contributed by atoms with van der Waals surface area (Å²) in [4.78, 5) is 41.4. The first kappa shape index (κ1) is 28.6. The number of hydrogen-bond donors (Lipinski definition) is 1. The van der Waals surface area contributed by atoms with Crippen molar-refractivity contribution in [2.24, 2.45) is 5.41 Å². The molecule has 1 N–H and O–H groups in total. The van der Waals surface area contributed by atoms with Gasteiger partial charge in [0.05, 0.1) is 19.8 Å². The van der Waals surface area contributed by atoms with Gasteiger partial charge in [0.2, 0.25) is 0 Å². The largest absolute Gasteiger partial charge is 0.465 e. The van der Waals surface area contributed by atoms with Crippen LogP contribution in [0.15, 0.2) is 0 Å². The first-order valence-corrected chi connectivity index (χ1v) is 13.8. The Hall–Kier alpha value is -1.63. The van der Waals surface area contributed by atoms with Gasteiger partial charge < -0.3 is 14.2 Å². The van der Waals surface area contributed by atoms with Gasteiger partial charge in [-0.15, -0.1) is 0 Å². The van der Waals surface area contributed by atoms with E-state index in [1.54, 1.807) is 0 Å². The highest BCUT2D eigenvalue weighted by Crippen LogP contribution is 2.48. The molecule has 0 aromatic carbocycles. The quantitative estimate of drug-likeness (QED) is 0.157. The van der Waals surface area contributed by atoms with Gasteiger partial charge in [0.25, 0.3) is 0 Å². The lowest BCUT2D eigenvalue weighted by molar-refractivity contribution is -0.193. The molecule has 7 heteroatoms. The van der Waals surface area contributed by atoms with E-state index in [0.717, 1.165) is 64.2 Å². The lowest BCUT2D eigenvalue weighted by Gasteiger charge is -2.50. The van der Waals surface area contributed by atoms with Crippen molar-refractivity contribution in [2.75, 3.05) is 19.8 Å². The van der Waals surface area contributed by atoms with E-state index >= 15 is 0 Å². The lowest BCUT2D eigenvalue weighted by atomic mass is 9.60. The van der Waals surface area contributed by atoms with Crippen LogP contribution in [0.5, 0.6) is 0 Å². The Kier molecular flexibility index (Phi) is 12.4. The van der Waals surface area contributed by atoms with Crippen molar-refractivity contribution >= 4 is 17.9 Å². The number of rotatable bonds is 14. The first-order chi connectivity index (χ1) is 16.5. The Morgan fingerprint density at radius 3 is 1.65 bits per heavy atom. The third kappa shape index (κ3) is 6.73. The van der Waals surface area contributed by atoms with Gasteiger partial charge in [-0.3, -0.25) is 14.9 Å². The SMILES string of the molecule is CCCCOC(=O)C1(NC2CCCCC2)CCCCC1(C(=O)OCCCC)C(=O)OCCCC. The summed E-state index contributed by atoms with van der Waals surface area (Å²) < 4.78 is 17.1. The molecule has 1 unspecified atom stereocenters. The van der Waals surface area contributed by atoms with Gasteiger partial charge in [0.1, 0.15) is 5.54 Å². The van der Waals surface area contributed by atoms with E-state index < -0.39 is 28.9 Å². The lowest BCUT2D eigenvalue weighted by Crippen LogP contribution is -2.73. The van der Waals surface area contributed by atoms with Crippen molar-refractivity contribution in [3.05, 3.63) is 0 Å². The maximum absolute atomic E-state index is 13.9. The van der Waals surface area contributed by atoms with Crippen LogP contribution in [0.25, 0.3) is 0 Å². The second kappa shape index (κ2) is 14.7. The standard InChI is InChI=1S/C27H47NO6/c1-4-7-19-32-23(29)26(24(30)33-20-8-5-2)17-13-14-18-27(26,25(31)34-21-9-6-3)28-22-15-11-10-12-16-22/h22,28H,4-21H2,1-3H3. The Labute approximate surface area is 206 Å². The van der Waals surface area contributed by atoms with Crippen molar-refractivity contribution in [1.29, 1.82) is 0 Å². The molecule has 2 aliphatic carbocycles. The van der Waals surface area contributed by atoms with Crippen LogP contribution in [0.3, 0.4) is 0 Å². The summed E-state index contributed by atoms with van der Waals surface area (Å²) in [5, 5.41) is 3.56. The maximum atomic E-state index is 13.9. The zero-order valence-electron chi connectivity index (χ0n) is 21.8. The van der Waals surface area contributed by atoms with Gasteiger partial charge in [-0.2, -0.15) is 0 Å². The molecule has 196 valence electrons. The Bertz CT molecular complexity index is 623. The zero-order chi connectivity index (χ0) is 24.9. The zero-order valence-corrected chi connectivity index (χ0v) is 21.8. The van der Waals surface area contributed by atoms with Crippen LogP contribution in [0.4, 0.5) is 0 Å². The van der Waals surface area contributed by atoms with E-state index in [-0.39, 0.29) is 32.3 Å². The minimum Gasteiger partial charge on any atom is -0.465 e. The first-order valence-electron chi connectivity index (χ1n) is 13.8. The molecule has 34 heavy (non-hydrogen) atoms. The van der Waals surface area contributed by atoms with E-state index in [2.05, 4.69) is 5.32 Å². The molecule has 2 saturated carbocycles. The minimum atomic E-state index is -1.73. The molecule has 2 fully saturated rings. The van der Waals surface area contributed by atoms with Crippen LogP contribution >= 0.6 is 0 Å². The molecule has 0 aliphatic heterocycles. The van der Waals surface area contributed by atoms with Crippen molar-refractivity contribution in [3.63, 3.8) is 0 Å². The average molecular weight is 482 g/mol. The van der Waals surface area contributed by atoms with E-state index in [1.807, 2.05) is 20.8 Å². The molecule has 0 heterocycles. The fourth-order valence-electron chi connectivity index (χ4n) is 5.27.